The molecular formula is C38H37N4O6UV+. The Labute approximate surface area is 326 Å². The minimum atomic E-state index is -0.653. The molecule has 3 heterocycles. The molecule has 10 nitrogen and oxygen atoms in total. The third-order valence-electron chi connectivity index (χ3n) is 9.87. The van der Waals surface area contributed by atoms with Gasteiger partial charge in [-0.1, -0.05) is 36.4 Å². The smallest absolute Gasteiger partial charge is 0.270 e. The Balaban J connectivity index is 0.000000216. The van der Waals surface area contributed by atoms with Gasteiger partial charge in [0, 0.05) is 116 Å². The number of non-ortho nitro benzene ring substituents is 2. The fourth-order valence-corrected chi connectivity index (χ4v) is 7.14. The molecule has 0 fully saturated rings. The number of anilines is 1. The molecule has 50 heavy (non-hydrogen) atoms. The molecule has 1 N–H and O–H groups in total. The van der Waals surface area contributed by atoms with E-state index >= 15 is 0 Å². The van der Waals surface area contributed by atoms with Gasteiger partial charge in [0.05, 0.1) is 20.7 Å². The van der Waals surface area contributed by atoms with Crippen LogP contribution in [-0.2, 0) is 29.4 Å². The number of ether oxygens (including phenoxy) is 1. The second kappa shape index (κ2) is 14.2. The van der Waals surface area contributed by atoms with Crippen molar-refractivity contribution in [3.05, 3.63) is 140 Å². The zero-order chi connectivity index (χ0) is 34.6. The first kappa shape index (κ1) is 38.7. The van der Waals surface area contributed by atoms with Crippen molar-refractivity contribution in [2.24, 2.45) is 0 Å². The zero-order valence-electron chi connectivity index (χ0n) is 28.6. The third-order valence-corrected chi connectivity index (χ3v) is 9.87. The van der Waals surface area contributed by atoms with Crippen LogP contribution in [0.2, 0.25) is 0 Å². The van der Waals surface area contributed by atoms with Crippen LogP contribution in [0.25, 0.3) is 12.2 Å². The van der Waals surface area contributed by atoms with Crippen molar-refractivity contribution < 1.29 is 73.9 Å². The number of hydrogen-bond donors (Lipinski definition) is 1. The molecule has 1 unspecified atom stereocenters. The summed E-state index contributed by atoms with van der Waals surface area (Å²) in [6.07, 6.45) is 7.58. The van der Waals surface area contributed by atoms with Crippen molar-refractivity contribution in [2.75, 3.05) is 19.0 Å². The van der Waals surface area contributed by atoms with Crippen LogP contribution >= 0.6 is 0 Å². The van der Waals surface area contributed by atoms with Crippen LogP contribution < -0.4 is 9.64 Å². The van der Waals surface area contributed by atoms with E-state index in [0.717, 1.165) is 22.6 Å². The van der Waals surface area contributed by atoms with Crippen LogP contribution in [0.15, 0.2) is 97.1 Å². The van der Waals surface area contributed by atoms with E-state index in [4.69, 9.17) is 4.74 Å². The molecule has 3 aliphatic rings. The normalized spacial score (nSPS) is 18.6. The maximum atomic E-state index is 11.0. The Morgan fingerprint density at radius 1 is 0.840 bits per heavy atom. The number of benzene rings is 4. The minimum Gasteiger partial charge on any atom is -0.507 e. The van der Waals surface area contributed by atoms with E-state index in [9.17, 15) is 25.3 Å². The second-order valence-electron chi connectivity index (χ2n) is 13.2. The molecule has 1 radical (unpaired) electrons. The maximum absolute atomic E-state index is 11.0. The summed E-state index contributed by atoms with van der Waals surface area (Å²) in [7, 11) is 4.02. The van der Waals surface area contributed by atoms with Gasteiger partial charge in [-0.05, 0) is 69.7 Å². The molecule has 0 saturated carbocycles. The Morgan fingerprint density at radius 2 is 1.44 bits per heavy atom. The number of aromatic hydroxyl groups is 1. The topological polar surface area (TPSA) is 122 Å². The molecule has 7 rings (SSSR count). The Bertz CT molecular complexity index is 2090. The molecule has 4 aromatic rings. The van der Waals surface area contributed by atoms with Gasteiger partial charge in [0.2, 0.25) is 11.4 Å². The number of hydrogen-bond acceptors (Lipinski definition) is 7. The van der Waals surface area contributed by atoms with E-state index in [2.05, 4.69) is 61.4 Å². The largest absolute Gasteiger partial charge is 0.507 e. The van der Waals surface area contributed by atoms with E-state index < -0.39 is 10.6 Å². The second-order valence-corrected chi connectivity index (χ2v) is 13.2. The summed E-state index contributed by atoms with van der Waals surface area (Å²) in [5.41, 5.74) is 5.88. The number of allylic oxidation sites excluding steroid dienone is 1. The molecule has 1 atom stereocenters. The first-order chi connectivity index (χ1) is 22.7. The number of likely N-dealkylation sites (N-methyl/N-ethyl adjacent to an activating group) is 1. The van der Waals surface area contributed by atoms with Crippen LogP contribution in [0, 0.1) is 51.3 Å². The quantitative estimate of drug-likeness (QED) is 0.125. The average molecular weight is 935 g/mol. The molecule has 3 aliphatic heterocycles. The van der Waals surface area contributed by atoms with Gasteiger partial charge in [0.1, 0.15) is 18.5 Å². The molecule has 253 valence electrons. The number of rotatable bonds is 4. The molecule has 0 aromatic heterocycles. The summed E-state index contributed by atoms with van der Waals surface area (Å²) in [5.74, 6) is 0.684. The predicted octanol–water partition coefficient (Wildman–Crippen LogP) is 8.14. The van der Waals surface area contributed by atoms with Crippen molar-refractivity contribution in [3.8, 4) is 11.5 Å². The SMILES string of the molecule is CN1c2ccccc2C(C)(C)C12C=Cc1cc([N+](=O)[O-])ccc1O2.C[N+]1=C(/C=C/c2cc([N+](=O)[O-])ccc2O)C(C)(C)c2ccccc21.[U].[V]. The van der Waals surface area contributed by atoms with Gasteiger partial charge >= 0.3 is 0 Å². The van der Waals surface area contributed by atoms with Crippen LogP contribution in [0.4, 0.5) is 22.7 Å². The molecular weight excluding hydrogens is 897 g/mol. The molecule has 0 bridgehead atoms. The van der Waals surface area contributed by atoms with Crippen molar-refractivity contribution in [2.45, 2.75) is 44.2 Å². The van der Waals surface area contributed by atoms with Gasteiger partial charge in [0.25, 0.3) is 11.4 Å². The van der Waals surface area contributed by atoms with Gasteiger partial charge in [0.15, 0.2) is 5.71 Å². The average Bonchev–Trinajstić information content (AvgIpc) is 3.36. The maximum Gasteiger partial charge on any atom is 0.270 e. The Kier molecular flexibility index (Phi) is 11.0. The summed E-state index contributed by atoms with van der Waals surface area (Å²) in [4.78, 5) is 23.2. The fourth-order valence-electron chi connectivity index (χ4n) is 7.14. The summed E-state index contributed by atoms with van der Waals surface area (Å²) in [6.45, 7) is 8.61. The van der Waals surface area contributed by atoms with Gasteiger partial charge < -0.3 is 14.7 Å². The number of fused-ring (bicyclic) bond motifs is 3. The van der Waals surface area contributed by atoms with E-state index in [1.807, 2.05) is 56.6 Å². The minimum absolute atomic E-state index is 0. The monoisotopic (exact) mass is 934 g/mol. The van der Waals surface area contributed by atoms with Crippen LogP contribution in [0.5, 0.6) is 11.5 Å². The molecule has 0 aliphatic carbocycles. The molecule has 0 saturated heterocycles. The summed E-state index contributed by atoms with van der Waals surface area (Å²) in [5, 5.41) is 31.9. The first-order valence-corrected chi connectivity index (χ1v) is 15.6. The molecule has 1 spiro atoms. The summed E-state index contributed by atoms with van der Waals surface area (Å²) < 4.78 is 8.55. The van der Waals surface area contributed by atoms with Crippen molar-refractivity contribution in [3.63, 3.8) is 0 Å². The molecule has 12 heteroatoms. The van der Waals surface area contributed by atoms with Crippen LogP contribution in [0.1, 0.15) is 49.9 Å². The number of para-hydroxylation sites is 2. The van der Waals surface area contributed by atoms with Gasteiger partial charge in [-0.15, -0.1) is 0 Å². The zero-order valence-corrected chi connectivity index (χ0v) is 34.2. The van der Waals surface area contributed by atoms with E-state index in [1.54, 1.807) is 18.2 Å². The van der Waals surface area contributed by atoms with Gasteiger partial charge in [-0.2, -0.15) is 4.58 Å². The number of phenolic OH excluding ortho intramolecular Hbond substituents is 1. The Morgan fingerprint density at radius 3 is 2.08 bits per heavy atom. The van der Waals surface area contributed by atoms with Gasteiger partial charge in [-0.3, -0.25) is 20.2 Å². The van der Waals surface area contributed by atoms with Gasteiger partial charge in [-0.25, -0.2) is 0 Å². The van der Waals surface area contributed by atoms with E-state index in [1.165, 1.54) is 35.4 Å². The molecule has 4 aromatic carbocycles. The summed E-state index contributed by atoms with van der Waals surface area (Å²) >= 11 is 0. The molecule has 0 amide bonds. The Hall–Kier alpha value is -4.13. The third kappa shape index (κ3) is 6.33. The van der Waals surface area contributed by atoms with E-state index in [-0.39, 0.29) is 82.5 Å². The van der Waals surface area contributed by atoms with Crippen molar-refractivity contribution in [1.82, 2.24) is 0 Å². The van der Waals surface area contributed by atoms with Crippen LogP contribution in [0.3, 0.4) is 0 Å². The van der Waals surface area contributed by atoms with Crippen molar-refractivity contribution >= 4 is 40.6 Å². The number of phenols is 1. The van der Waals surface area contributed by atoms with E-state index in [0.29, 0.717) is 11.3 Å². The summed E-state index contributed by atoms with van der Waals surface area (Å²) in [6, 6.07) is 25.2. The number of nitro benzene ring substituents is 2. The van der Waals surface area contributed by atoms with Crippen molar-refractivity contribution in [1.29, 1.82) is 0 Å². The number of nitro groups is 2. The predicted molar refractivity (Wildman–Crippen MR) is 187 cm³/mol. The first-order valence-electron chi connectivity index (χ1n) is 15.6. The number of nitrogens with zero attached hydrogens (tertiary/aromatic N) is 4. The standard InChI is InChI=1S/2C19H18N2O3.U.V/c1-18(2)15-6-4-5-7-16(15)20(3)19(18)11-10-13-12-14(21(22)23)8-9-17(13)24-19;1-19(2)15-6-4-5-7-16(15)20(3)18(19)11-8-13-12-14(21(23)24)9-10-17(13)22;;/h2*4-12H,1-3H3;;/p+1. The fraction of sp³-hybridized carbons (Fsp3) is 0.237. The van der Waals surface area contributed by atoms with Crippen LogP contribution in [-0.4, -0.2) is 45.1 Å².